The molecule has 0 bridgehead atoms. The van der Waals surface area contributed by atoms with Gasteiger partial charge in [0.2, 0.25) is 5.91 Å². The Balaban J connectivity index is 1.99. The maximum atomic E-state index is 11.9. The van der Waals surface area contributed by atoms with E-state index in [-0.39, 0.29) is 5.91 Å². The molecule has 0 spiro atoms. The molecule has 17 heavy (non-hydrogen) atoms. The van der Waals surface area contributed by atoms with Gasteiger partial charge in [-0.25, -0.2) is 0 Å². The Morgan fingerprint density at radius 3 is 2.88 bits per heavy atom. The Hall–Kier alpha value is -1.29. The quantitative estimate of drug-likeness (QED) is 0.871. The van der Waals surface area contributed by atoms with Gasteiger partial charge in [0, 0.05) is 13.0 Å². The lowest BCUT2D eigenvalue weighted by molar-refractivity contribution is -0.131. The number of carbonyl (C=O) groups excluding carboxylic acids is 1. The number of rotatable bonds is 3. The number of carbonyl (C=O) groups is 1. The number of furan rings is 1. The Labute approximate surface area is 102 Å². The third-order valence-corrected chi connectivity index (χ3v) is 3.36. The van der Waals surface area contributed by atoms with E-state index in [0.29, 0.717) is 25.4 Å². The average Bonchev–Trinajstić information content (AvgIpc) is 2.72. The van der Waals surface area contributed by atoms with Crippen LogP contribution in [0.25, 0.3) is 0 Å². The van der Waals surface area contributed by atoms with Crippen LogP contribution < -0.4 is 5.73 Å². The first kappa shape index (κ1) is 12.2. The van der Waals surface area contributed by atoms with Crippen molar-refractivity contribution >= 4 is 5.91 Å². The molecule has 1 fully saturated rings. The first-order valence-electron chi connectivity index (χ1n) is 6.24. The van der Waals surface area contributed by atoms with Gasteiger partial charge in [-0.15, -0.1) is 0 Å². The Bertz CT molecular complexity index is 387. The zero-order chi connectivity index (χ0) is 12.3. The van der Waals surface area contributed by atoms with Crippen LogP contribution in [0.15, 0.2) is 16.5 Å². The van der Waals surface area contributed by atoms with Crippen LogP contribution in [0.4, 0.5) is 0 Å². The second kappa shape index (κ2) is 5.36. The molecule has 0 saturated carbocycles. The van der Waals surface area contributed by atoms with Crippen LogP contribution >= 0.6 is 0 Å². The normalized spacial score (nSPS) is 21.6. The molecule has 0 radical (unpaired) electrons. The lowest BCUT2D eigenvalue weighted by atomic mass is 10.0. The minimum atomic E-state index is 0.236. The smallest absolute Gasteiger partial charge is 0.222 e. The van der Waals surface area contributed by atoms with Crippen LogP contribution in [0.1, 0.15) is 37.7 Å². The molecule has 2 rings (SSSR count). The highest BCUT2D eigenvalue weighted by molar-refractivity contribution is 5.76. The molecule has 1 atom stereocenters. The summed E-state index contributed by atoms with van der Waals surface area (Å²) in [5.41, 5.74) is 5.49. The van der Waals surface area contributed by atoms with Crippen LogP contribution in [-0.4, -0.2) is 17.4 Å². The van der Waals surface area contributed by atoms with Crippen molar-refractivity contribution in [3.05, 3.63) is 23.7 Å². The summed E-state index contributed by atoms with van der Waals surface area (Å²) in [7, 11) is 0. The fourth-order valence-corrected chi connectivity index (χ4v) is 2.15. The van der Waals surface area contributed by atoms with E-state index in [1.165, 1.54) is 0 Å². The molecule has 1 saturated heterocycles. The summed E-state index contributed by atoms with van der Waals surface area (Å²) < 4.78 is 5.53. The summed E-state index contributed by atoms with van der Waals surface area (Å²) in [6.45, 7) is 4.02. The lowest BCUT2D eigenvalue weighted by Crippen LogP contribution is -2.29. The fraction of sp³-hybridized carbons (Fsp3) is 0.615. The highest BCUT2D eigenvalue weighted by Crippen LogP contribution is 2.19. The zero-order valence-corrected chi connectivity index (χ0v) is 10.3. The molecule has 4 heteroatoms. The van der Waals surface area contributed by atoms with Gasteiger partial charge >= 0.3 is 0 Å². The number of nitrogens with zero attached hydrogens (tertiary/aromatic N) is 1. The highest BCUT2D eigenvalue weighted by atomic mass is 16.3. The molecule has 0 aromatic carbocycles. The van der Waals surface area contributed by atoms with Gasteiger partial charge in [-0.3, -0.25) is 4.79 Å². The van der Waals surface area contributed by atoms with Crippen molar-refractivity contribution in [1.29, 1.82) is 0 Å². The van der Waals surface area contributed by atoms with E-state index in [2.05, 4.69) is 6.92 Å². The van der Waals surface area contributed by atoms with Gasteiger partial charge in [0.25, 0.3) is 0 Å². The number of likely N-dealkylation sites (tertiary alicyclic amines) is 1. The van der Waals surface area contributed by atoms with E-state index in [1.807, 2.05) is 17.0 Å². The van der Waals surface area contributed by atoms with Crippen molar-refractivity contribution in [3.8, 4) is 0 Å². The molecule has 1 aromatic heterocycles. The molecule has 0 aliphatic carbocycles. The Kier molecular flexibility index (Phi) is 3.84. The second-order valence-electron chi connectivity index (χ2n) is 4.82. The molecule has 1 amide bonds. The van der Waals surface area contributed by atoms with Gasteiger partial charge in [-0.2, -0.15) is 0 Å². The largest absolute Gasteiger partial charge is 0.463 e. The standard InChI is InChI=1S/C13H20N2O2/c1-10-2-5-13(16)15(7-6-10)9-12-4-3-11(8-14)17-12/h3-4,10H,2,5-9,14H2,1H3. The van der Waals surface area contributed by atoms with E-state index in [0.717, 1.165) is 30.9 Å². The molecular formula is C13H20N2O2. The van der Waals surface area contributed by atoms with Crippen molar-refractivity contribution in [2.45, 2.75) is 39.3 Å². The first-order chi connectivity index (χ1) is 8.19. The van der Waals surface area contributed by atoms with Crippen LogP contribution in [0.5, 0.6) is 0 Å². The van der Waals surface area contributed by atoms with Crippen LogP contribution in [0.2, 0.25) is 0 Å². The molecule has 1 aliphatic heterocycles. The predicted octanol–water partition coefficient (Wildman–Crippen LogP) is 1.89. The fourth-order valence-electron chi connectivity index (χ4n) is 2.15. The zero-order valence-electron chi connectivity index (χ0n) is 10.3. The van der Waals surface area contributed by atoms with Gasteiger partial charge in [0.1, 0.15) is 11.5 Å². The van der Waals surface area contributed by atoms with E-state index in [4.69, 9.17) is 10.2 Å². The van der Waals surface area contributed by atoms with Crippen molar-refractivity contribution in [3.63, 3.8) is 0 Å². The minimum Gasteiger partial charge on any atom is -0.463 e. The number of nitrogens with two attached hydrogens (primary N) is 1. The maximum absolute atomic E-state index is 11.9. The van der Waals surface area contributed by atoms with Crippen LogP contribution in [-0.2, 0) is 17.9 Å². The van der Waals surface area contributed by atoms with Gasteiger partial charge in [-0.1, -0.05) is 6.92 Å². The summed E-state index contributed by atoms with van der Waals surface area (Å²) in [5.74, 6) is 2.48. The minimum absolute atomic E-state index is 0.236. The SMILES string of the molecule is CC1CCC(=O)N(Cc2ccc(CN)o2)CC1. The maximum Gasteiger partial charge on any atom is 0.222 e. The van der Waals surface area contributed by atoms with E-state index in [9.17, 15) is 4.79 Å². The number of hydrogen-bond donors (Lipinski definition) is 1. The summed E-state index contributed by atoms with van der Waals surface area (Å²) in [6.07, 6.45) is 2.74. The summed E-state index contributed by atoms with van der Waals surface area (Å²) in [5, 5.41) is 0. The van der Waals surface area contributed by atoms with Gasteiger partial charge < -0.3 is 15.1 Å². The molecule has 2 N–H and O–H groups in total. The predicted molar refractivity (Wildman–Crippen MR) is 65.0 cm³/mol. The molecule has 4 nitrogen and oxygen atoms in total. The second-order valence-corrected chi connectivity index (χ2v) is 4.82. The summed E-state index contributed by atoms with van der Waals surface area (Å²) in [4.78, 5) is 13.8. The van der Waals surface area contributed by atoms with Gasteiger partial charge in [-0.05, 0) is 30.9 Å². The Morgan fingerprint density at radius 2 is 2.18 bits per heavy atom. The van der Waals surface area contributed by atoms with Gasteiger partial charge in [0.05, 0.1) is 13.1 Å². The molecule has 2 heterocycles. The van der Waals surface area contributed by atoms with E-state index < -0.39 is 0 Å². The lowest BCUT2D eigenvalue weighted by Gasteiger charge is -2.19. The van der Waals surface area contributed by atoms with Crippen molar-refractivity contribution in [2.75, 3.05) is 6.54 Å². The third kappa shape index (κ3) is 3.09. The van der Waals surface area contributed by atoms with Crippen LogP contribution in [0.3, 0.4) is 0 Å². The molecule has 1 aromatic rings. The summed E-state index contributed by atoms with van der Waals surface area (Å²) >= 11 is 0. The van der Waals surface area contributed by atoms with Crippen molar-refractivity contribution < 1.29 is 9.21 Å². The molecule has 94 valence electrons. The van der Waals surface area contributed by atoms with E-state index in [1.54, 1.807) is 0 Å². The first-order valence-corrected chi connectivity index (χ1v) is 6.24. The number of hydrogen-bond acceptors (Lipinski definition) is 3. The van der Waals surface area contributed by atoms with Crippen molar-refractivity contribution in [1.82, 2.24) is 4.90 Å². The molecule has 1 unspecified atom stereocenters. The third-order valence-electron chi connectivity index (χ3n) is 3.36. The topological polar surface area (TPSA) is 59.5 Å². The monoisotopic (exact) mass is 236 g/mol. The van der Waals surface area contributed by atoms with E-state index >= 15 is 0 Å². The molecule has 1 aliphatic rings. The Morgan fingerprint density at radius 1 is 1.41 bits per heavy atom. The highest BCUT2D eigenvalue weighted by Gasteiger charge is 2.21. The average molecular weight is 236 g/mol. The van der Waals surface area contributed by atoms with Crippen LogP contribution in [0, 0.1) is 5.92 Å². The molecular weight excluding hydrogens is 216 g/mol. The van der Waals surface area contributed by atoms with Crippen molar-refractivity contribution in [2.24, 2.45) is 11.7 Å². The van der Waals surface area contributed by atoms with Gasteiger partial charge in [0.15, 0.2) is 0 Å². The number of amides is 1. The summed E-state index contributed by atoms with van der Waals surface area (Å²) in [6, 6.07) is 3.78.